The van der Waals surface area contributed by atoms with E-state index >= 15 is 0 Å². The fourth-order valence-corrected chi connectivity index (χ4v) is 1.55. The van der Waals surface area contributed by atoms with E-state index in [1.165, 1.54) is 12.1 Å². The number of hydrogen-bond acceptors (Lipinski definition) is 1. The highest BCUT2D eigenvalue weighted by Gasteiger charge is 2.10. The van der Waals surface area contributed by atoms with Gasteiger partial charge in [-0.15, -0.1) is 11.6 Å². The van der Waals surface area contributed by atoms with Gasteiger partial charge in [-0.05, 0) is 27.6 Å². The van der Waals surface area contributed by atoms with Gasteiger partial charge in [0, 0.05) is 0 Å². The average Bonchev–Trinajstić information content (AvgIpc) is 2.04. The van der Waals surface area contributed by atoms with Crippen LogP contribution < -0.4 is 0 Å². The monoisotopic (exact) mass is 255 g/mol. The van der Waals surface area contributed by atoms with E-state index in [2.05, 4.69) is 20.9 Å². The lowest BCUT2D eigenvalue weighted by atomic mass is 10.3. The first-order chi connectivity index (χ1) is 5.65. The molecule has 0 N–H and O–H groups in total. The van der Waals surface area contributed by atoms with Crippen molar-refractivity contribution < 1.29 is 8.78 Å². The van der Waals surface area contributed by atoms with E-state index in [0.717, 1.165) is 0 Å². The number of nitrogens with zero attached hydrogens (tertiary/aromatic N) is 1. The molecule has 1 nitrogen and oxygen atoms in total. The molecule has 0 bridgehead atoms. The number of halogens is 4. The Morgan fingerprint density at radius 3 is 2.58 bits per heavy atom. The molecule has 0 atom stereocenters. The first kappa shape index (κ1) is 9.86. The predicted molar refractivity (Wildman–Crippen MR) is 46.5 cm³/mol. The normalized spacial score (nSPS) is 10.8. The Bertz CT molecular complexity index is 280. The summed E-state index contributed by atoms with van der Waals surface area (Å²) in [6.45, 7) is 0. The Balaban J connectivity index is 3.02. The van der Waals surface area contributed by atoms with Crippen molar-refractivity contribution >= 4 is 27.5 Å². The minimum Gasteiger partial charge on any atom is -0.240 e. The van der Waals surface area contributed by atoms with E-state index in [9.17, 15) is 8.78 Å². The molecule has 0 amide bonds. The van der Waals surface area contributed by atoms with Gasteiger partial charge in [-0.25, -0.2) is 13.8 Å². The molecule has 0 saturated heterocycles. The molecule has 0 aromatic carbocycles. The van der Waals surface area contributed by atoms with Crippen LogP contribution in [-0.2, 0) is 5.88 Å². The summed E-state index contributed by atoms with van der Waals surface area (Å²) < 4.78 is 24.5. The zero-order chi connectivity index (χ0) is 9.14. The lowest BCUT2D eigenvalue weighted by Crippen LogP contribution is -1.93. The van der Waals surface area contributed by atoms with Gasteiger partial charge in [-0.3, -0.25) is 0 Å². The Kier molecular flexibility index (Phi) is 3.40. The Labute approximate surface area is 81.9 Å². The van der Waals surface area contributed by atoms with Crippen LogP contribution in [0.1, 0.15) is 17.7 Å². The molecule has 1 aromatic rings. The van der Waals surface area contributed by atoms with E-state index in [1.54, 1.807) is 0 Å². The van der Waals surface area contributed by atoms with Crippen molar-refractivity contribution in [3.63, 3.8) is 0 Å². The summed E-state index contributed by atoms with van der Waals surface area (Å²) >= 11 is 8.55. The summed E-state index contributed by atoms with van der Waals surface area (Å²) in [4.78, 5) is 3.63. The third-order valence-electron chi connectivity index (χ3n) is 1.32. The van der Waals surface area contributed by atoms with Crippen molar-refractivity contribution in [3.05, 3.63) is 28.0 Å². The zero-order valence-electron chi connectivity index (χ0n) is 5.90. The van der Waals surface area contributed by atoms with Crippen LogP contribution in [0.15, 0.2) is 16.7 Å². The van der Waals surface area contributed by atoms with Gasteiger partial charge in [0.1, 0.15) is 10.3 Å². The van der Waals surface area contributed by atoms with Gasteiger partial charge in [-0.1, -0.05) is 6.07 Å². The molecule has 0 radical (unpaired) electrons. The molecule has 0 spiro atoms. The van der Waals surface area contributed by atoms with Crippen LogP contribution in [0.25, 0.3) is 0 Å². The zero-order valence-corrected chi connectivity index (χ0v) is 8.24. The average molecular weight is 256 g/mol. The molecule has 0 aliphatic carbocycles. The SMILES string of the molecule is FC(F)c1ccc(CCl)c(Br)n1. The molecular formula is C7H5BrClF2N. The van der Waals surface area contributed by atoms with Crippen molar-refractivity contribution in [3.8, 4) is 0 Å². The second-order valence-corrected chi connectivity index (χ2v) is 3.14. The van der Waals surface area contributed by atoms with Crippen molar-refractivity contribution in [1.82, 2.24) is 4.98 Å². The molecule has 1 heterocycles. The largest absolute Gasteiger partial charge is 0.280 e. The van der Waals surface area contributed by atoms with Crippen LogP contribution in [0.4, 0.5) is 8.78 Å². The van der Waals surface area contributed by atoms with Crippen LogP contribution >= 0.6 is 27.5 Å². The Hall–Kier alpha value is -0.220. The summed E-state index contributed by atoms with van der Waals surface area (Å²) in [6.07, 6.45) is -2.54. The molecule has 0 saturated carbocycles. The smallest absolute Gasteiger partial charge is 0.240 e. The second kappa shape index (κ2) is 4.14. The van der Waals surface area contributed by atoms with Gasteiger partial charge in [0.15, 0.2) is 0 Å². The number of hydrogen-bond donors (Lipinski definition) is 0. The summed E-state index contributed by atoms with van der Waals surface area (Å²) in [5.41, 5.74) is 0.469. The minimum absolute atomic E-state index is 0.240. The van der Waals surface area contributed by atoms with Gasteiger partial charge in [-0.2, -0.15) is 0 Å². The molecule has 0 fully saturated rings. The first-order valence-electron chi connectivity index (χ1n) is 3.14. The van der Waals surface area contributed by atoms with Crippen molar-refractivity contribution in [2.45, 2.75) is 12.3 Å². The van der Waals surface area contributed by atoms with E-state index < -0.39 is 6.43 Å². The standard InChI is InChI=1S/C7H5BrClF2N/c8-6-4(3-9)1-2-5(12-6)7(10)11/h1-2,7H,3H2. The third-order valence-corrected chi connectivity index (χ3v) is 2.29. The lowest BCUT2D eigenvalue weighted by molar-refractivity contribution is 0.146. The quantitative estimate of drug-likeness (QED) is 0.583. The van der Waals surface area contributed by atoms with Gasteiger partial charge in [0.2, 0.25) is 0 Å². The predicted octanol–water partition coefficient (Wildman–Crippen LogP) is 3.52. The summed E-state index contributed by atoms with van der Waals surface area (Å²) in [5, 5.41) is 0. The summed E-state index contributed by atoms with van der Waals surface area (Å²) in [6, 6.07) is 2.80. The van der Waals surface area contributed by atoms with Crippen LogP contribution in [-0.4, -0.2) is 4.98 Å². The van der Waals surface area contributed by atoms with E-state index in [0.29, 0.717) is 10.2 Å². The van der Waals surface area contributed by atoms with E-state index in [4.69, 9.17) is 11.6 Å². The van der Waals surface area contributed by atoms with Gasteiger partial charge in [0.05, 0.1) is 5.88 Å². The highest BCUT2D eigenvalue weighted by Crippen LogP contribution is 2.22. The van der Waals surface area contributed by atoms with E-state index in [-0.39, 0.29) is 11.6 Å². The molecular weight excluding hydrogens is 251 g/mol. The number of alkyl halides is 3. The molecule has 1 rings (SSSR count). The Morgan fingerprint density at radius 2 is 2.17 bits per heavy atom. The highest BCUT2D eigenvalue weighted by atomic mass is 79.9. The molecule has 0 unspecified atom stereocenters. The fraction of sp³-hybridized carbons (Fsp3) is 0.286. The maximum absolute atomic E-state index is 12.1. The topological polar surface area (TPSA) is 12.9 Å². The summed E-state index contributed by atoms with van der Waals surface area (Å²) in [5.74, 6) is 0.261. The maximum atomic E-state index is 12.1. The van der Waals surface area contributed by atoms with E-state index in [1.807, 2.05) is 0 Å². The van der Waals surface area contributed by atoms with Crippen LogP contribution in [0.2, 0.25) is 0 Å². The fourth-order valence-electron chi connectivity index (χ4n) is 0.698. The van der Waals surface area contributed by atoms with Crippen molar-refractivity contribution in [2.75, 3.05) is 0 Å². The molecule has 66 valence electrons. The first-order valence-corrected chi connectivity index (χ1v) is 4.47. The van der Waals surface area contributed by atoms with Crippen molar-refractivity contribution in [2.24, 2.45) is 0 Å². The Morgan fingerprint density at radius 1 is 1.50 bits per heavy atom. The van der Waals surface area contributed by atoms with Crippen molar-refractivity contribution in [1.29, 1.82) is 0 Å². The molecule has 1 aromatic heterocycles. The summed E-state index contributed by atoms with van der Waals surface area (Å²) in [7, 11) is 0. The van der Waals surface area contributed by atoms with Crippen LogP contribution in [0, 0.1) is 0 Å². The number of aromatic nitrogens is 1. The van der Waals surface area contributed by atoms with Gasteiger partial charge in [0.25, 0.3) is 6.43 Å². The molecule has 12 heavy (non-hydrogen) atoms. The maximum Gasteiger partial charge on any atom is 0.280 e. The molecule has 0 aliphatic rings. The third kappa shape index (κ3) is 2.14. The second-order valence-electron chi connectivity index (χ2n) is 2.12. The molecule has 0 aliphatic heterocycles. The van der Waals surface area contributed by atoms with Crippen LogP contribution in [0.3, 0.4) is 0 Å². The minimum atomic E-state index is -2.54. The van der Waals surface area contributed by atoms with Gasteiger partial charge < -0.3 is 0 Å². The highest BCUT2D eigenvalue weighted by molar-refractivity contribution is 9.10. The lowest BCUT2D eigenvalue weighted by Gasteiger charge is -2.02. The number of pyridine rings is 1. The van der Waals surface area contributed by atoms with Crippen LogP contribution in [0.5, 0.6) is 0 Å². The number of rotatable bonds is 2. The molecule has 5 heteroatoms. The van der Waals surface area contributed by atoms with Gasteiger partial charge >= 0.3 is 0 Å².